The van der Waals surface area contributed by atoms with Gasteiger partial charge in [-0.3, -0.25) is 9.88 Å². The molecule has 6 nitrogen and oxygen atoms in total. The van der Waals surface area contributed by atoms with Crippen LogP contribution in [0.5, 0.6) is 0 Å². The number of aryl methyl sites for hydroxylation is 1. The van der Waals surface area contributed by atoms with Crippen molar-refractivity contribution in [1.29, 1.82) is 0 Å². The number of hydrogen-bond acceptors (Lipinski definition) is 6. The molecule has 2 aromatic rings. The lowest BCUT2D eigenvalue weighted by molar-refractivity contribution is 0.0183. The minimum Gasteiger partial charge on any atom is -0.357 e. The standard InChI is InChI=1S/C19H22BrN5O/c1-13-6-7-15-16(9-13)24-12-25(20)22-19(24,17-5-3-4-8-21-17)11-23-14(2)10-26-18(15)23/h3-9,14,18,22H,10-12H2,1-2H3. The summed E-state index contributed by atoms with van der Waals surface area (Å²) in [6.45, 7) is 6.61. The van der Waals surface area contributed by atoms with Crippen molar-refractivity contribution in [3.8, 4) is 0 Å². The lowest BCUT2D eigenvalue weighted by atomic mass is 10.0. The second kappa shape index (κ2) is 6.00. The molecular formula is C19H22BrN5O. The lowest BCUT2D eigenvalue weighted by Gasteiger charge is -2.39. The highest BCUT2D eigenvalue weighted by Crippen LogP contribution is 2.47. The maximum Gasteiger partial charge on any atom is 0.162 e. The molecular weight excluding hydrogens is 394 g/mol. The van der Waals surface area contributed by atoms with Crippen LogP contribution in [-0.4, -0.2) is 39.8 Å². The monoisotopic (exact) mass is 415 g/mol. The molecule has 136 valence electrons. The van der Waals surface area contributed by atoms with Gasteiger partial charge in [0.15, 0.2) is 5.66 Å². The predicted molar refractivity (Wildman–Crippen MR) is 103 cm³/mol. The molecule has 3 aliphatic heterocycles. The van der Waals surface area contributed by atoms with Gasteiger partial charge in [0.1, 0.15) is 6.23 Å². The van der Waals surface area contributed by atoms with Gasteiger partial charge in [0.2, 0.25) is 0 Å². The molecule has 2 fully saturated rings. The van der Waals surface area contributed by atoms with E-state index in [0.717, 1.165) is 18.8 Å². The van der Waals surface area contributed by atoms with E-state index >= 15 is 0 Å². The first kappa shape index (κ1) is 16.6. The van der Waals surface area contributed by atoms with E-state index in [2.05, 4.69) is 75.6 Å². The predicted octanol–water partition coefficient (Wildman–Crippen LogP) is 2.87. The van der Waals surface area contributed by atoms with Gasteiger partial charge in [-0.25, -0.2) is 5.43 Å². The van der Waals surface area contributed by atoms with Crippen LogP contribution >= 0.6 is 16.1 Å². The van der Waals surface area contributed by atoms with Crippen LogP contribution in [0.15, 0.2) is 42.6 Å². The summed E-state index contributed by atoms with van der Waals surface area (Å²) in [6, 6.07) is 13.1. The number of pyridine rings is 1. The van der Waals surface area contributed by atoms with E-state index in [1.54, 1.807) is 0 Å². The topological polar surface area (TPSA) is 43.9 Å². The Bertz CT molecular complexity index is 834. The molecule has 3 aliphatic rings. The summed E-state index contributed by atoms with van der Waals surface area (Å²) in [6.07, 6.45) is 1.85. The fourth-order valence-electron chi connectivity index (χ4n) is 4.35. The third kappa shape index (κ3) is 2.35. The number of fused-ring (bicyclic) bond motifs is 5. The number of anilines is 1. The first-order valence-electron chi connectivity index (χ1n) is 8.97. The minimum atomic E-state index is -0.454. The molecule has 1 aromatic carbocycles. The molecule has 2 saturated heterocycles. The van der Waals surface area contributed by atoms with Crippen molar-refractivity contribution in [3.05, 3.63) is 59.4 Å². The maximum atomic E-state index is 6.21. The Morgan fingerprint density at radius 1 is 1.31 bits per heavy atom. The van der Waals surface area contributed by atoms with E-state index in [9.17, 15) is 0 Å². The molecule has 26 heavy (non-hydrogen) atoms. The normalized spacial score (nSPS) is 31.4. The summed E-state index contributed by atoms with van der Waals surface area (Å²) in [5.74, 6) is 0. The van der Waals surface area contributed by atoms with Crippen LogP contribution in [0.4, 0.5) is 5.69 Å². The number of hydrogen-bond donors (Lipinski definition) is 1. The van der Waals surface area contributed by atoms with E-state index in [4.69, 9.17) is 9.72 Å². The first-order valence-corrected chi connectivity index (χ1v) is 9.67. The van der Waals surface area contributed by atoms with Crippen molar-refractivity contribution < 1.29 is 4.74 Å². The number of benzene rings is 1. The zero-order chi connectivity index (χ0) is 17.9. The summed E-state index contributed by atoms with van der Waals surface area (Å²) in [5.41, 5.74) is 7.86. The molecule has 0 saturated carbocycles. The van der Waals surface area contributed by atoms with Gasteiger partial charge in [0.05, 0.1) is 19.0 Å². The number of rotatable bonds is 1. The largest absolute Gasteiger partial charge is 0.357 e. The average Bonchev–Trinajstić information content (AvgIpc) is 3.14. The van der Waals surface area contributed by atoms with Crippen LogP contribution in [0.3, 0.4) is 0 Å². The molecule has 0 radical (unpaired) electrons. The molecule has 0 amide bonds. The van der Waals surface area contributed by atoms with Crippen molar-refractivity contribution in [2.75, 3.05) is 24.7 Å². The number of aromatic nitrogens is 1. The smallest absolute Gasteiger partial charge is 0.162 e. The van der Waals surface area contributed by atoms with Crippen LogP contribution < -0.4 is 10.3 Å². The number of nitrogens with one attached hydrogen (secondary N) is 1. The Labute approximate surface area is 162 Å². The number of nitrogens with zero attached hydrogens (tertiary/aromatic N) is 4. The zero-order valence-electron chi connectivity index (χ0n) is 14.9. The number of hydrazine groups is 1. The molecule has 3 unspecified atom stereocenters. The summed E-state index contributed by atoms with van der Waals surface area (Å²) >= 11 is 3.65. The van der Waals surface area contributed by atoms with Gasteiger partial charge in [-0.05, 0) is 37.6 Å². The number of ether oxygens (including phenoxy) is 1. The van der Waals surface area contributed by atoms with Crippen LogP contribution in [0.2, 0.25) is 0 Å². The third-order valence-electron chi connectivity index (χ3n) is 5.64. The van der Waals surface area contributed by atoms with Gasteiger partial charge in [-0.2, -0.15) is 4.03 Å². The lowest BCUT2D eigenvalue weighted by Crippen LogP contribution is -2.57. The highest BCUT2D eigenvalue weighted by molar-refractivity contribution is 9.07. The molecule has 1 aromatic heterocycles. The van der Waals surface area contributed by atoms with Gasteiger partial charge in [0.25, 0.3) is 0 Å². The molecule has 5 rings (SSSR count). The molecule has 7 heteroatoms. The Morgan fingerprint density at radius 3 is 3.00 bits per heavy atom. The molecule has 3 atom stereocenters. The van der Waals surface area contributed by atoms with Crippen molar-refractivity contribution >= 4 is 21.8 Å². The zero-order valence-corrected chi connectivity index (χ0v) is 16.5. The first-order chi connectivity index (χ1) is 12.6. The second-order valence-corrected chi connectivity index (χ2v) is 8.24. The molecule has 0 bridgehead atoms. The Balaban J connectivity index is 1.76. The maximum absolute atomic E-state index is 6.21. The summed E-state index contributed by atoms with van der Waals surface area (Å²) in [7, 11) is 0. The molecule has 0 aliphatic carbocycles. The van der Waals surface area contributed by atoms with E-state index < -0.39 is 5.66 Å². The van der Waals surface area contributed by atoms with Gasteiger partial charge in [-0.15, -0.1) is 0 Å². The van der Waals surface area contributed by atoms with Crippen LogP contribution in [0, 0.1) is 6.92 Å². The molecule has 1 N–H and O–H groups in total. The van der Waals surface area contributed by atoms with Gasteiger partial charge in [-0.1, -0.05) is 18.2 Å². The van der Waals surface area contributed by atoms with E-state index in [1.807, 2.05) is 16.3 Å². The van der Waals surface area contributed by atoms with Gasteiger partial charge >= 0.3 is 0 Å². The van der Waals surface area contributed by atoms with Crippen molar-refractivity contribution in [2.45, 2.75) is 31.8 Å². The van der Waals surface area contributed by atoms with E-state index in [-0.39, 0.29) is 6.23 Å². The van der Waals surface area contributed by atoms with E-state index in [1.165, 1.54) is 16.8 Å². The number of halogens is 1. The Hall–Kier alpha value is -1.51. The highest BCUT2D eigenvalue weighted by Gasteiger charge is 2.54. The summed E-state index contributed by atoms with van der Waals surface area (Å²) < 4.78 is 8.18. The average molecular weight is 416 g/mol. The van der Waals surface area contributed by atoms with Crippen molar-refractivity contribution in [3.63, 3.8) is 0 Å². The Morgan fingerprint density at radius 2 is 2.19 bits per heavy atom. The SMILES string of the molecule is Cc1ccc2c(c1)N1CN(Br)NC1(c1ccccn1)CN1C(C)COC21. The van der Waals surface area contributed by atoms with Crippen molar-refractivity contribution in [1.82, 2.24) is 19.3 Å². The highest BCUT2D eigenvalue weighted by atomic mass is 79.9. The summed E-state index contributed by atoms with van der Waals surface area (Å²) in [4.78, 5) is 9.58. The second-order valence-electron chi connectivity index (χ2n) is 7.39. The van der Waals surface area contributed by atoms with Gasteiger partial charge in [0, 0.05) is 46.2 Å². The fraction of sp³-hybridized carbons (Fsp3) is 0.421. The van der Waals surface area contributed by atoms with Crippen LogP contribution in [-0.2, 0) is 10.4 Å². The summed E-state index contributed by atoms with van der Waals surface area (Å²) in [5, 5.41) is 0. The van der Waals surface area contributed by atoms with E-state index in [0.29, 0.717) is 12.7 Å². The molecule has 4 heterocycles. The van der Waals surface area contributed by atoms with Gasteiger partial charge < -0.3 is 9.64 Å². The van der Waals surface area contributed by atoms with Crippen molar-refractivity contribution in [2.24, 2.45) is 0 Å². The quantitative estimate of drug-likeness (QED) is 0.722. The third-order valence-corrected chi connectivity index (χ3v) is 6.04. The Kier molecular flexibility index (Phi) is 3.84. The fourth-order valence-corrected chi connectivity index (χ4v) is 4.87. The minimum absolute atomic E-state index is 0.0163. The molecule has 0 spiro atoms. The van der Waals surface area contributed by atoms with Crippen LogP contribution in [0.1, 0.15) is 30.0 Å². The van der Waals surface area contributed by atoms with Crippen LogP contribution in [0.25, 0.3) is 0 Å².